The van der Waals surface area contributed by atoms with E-state index in [2.05, 4.69) is 4.98 Å². The van der Waals surface area contributed by atoms with Gasteiger partial charge in [-0.05, 0) is 49.4 Å². The molecule has 3 rings (SSSR count). The van der Waals surface area contributed by atoms with Crippen LogP contribution in [-0.2, 0) is 10.9 Å². The van der Waals surface area contributed by atoms with Gasteiger partial charge in [0.1, 0.15) is 28.8 Å². The third kappa shape index (κ3) is 4.62. The van der Waals surface area contributed by atoms with Crippen molar-refractivity contribution in [2.45, 2.75) is 13.1 Å². The van der Waals surface area contributed by atoms with Crippen molar-refractivity contribution in [2.75, 3.05) is 12.3 Å². The van der Waals surface area contributed by atoms with Gasteiger partial charge >= 0.3 is 12.1 Å². The number of alkyl halides is 3. The normalized spacial score (nSPS) is 11.0. The highest BCUT2D eigenvalue weighted by atomic mass is 19.4. The molecule has 0 atom stereocenters. The van der Waals surface area contributed by atoms with E-state index in [0.717, 1.165) is 30.3 Å². The first-order valence-electron chi connectivity index (χ1n) is 9.17. The summed E-state index contributed by atoms with van der Waals surface area (Å²) < 4.78 is 62.9. The Balaban J connectivity index is 2.20. The largest absolute Gasteiger partial charge is 0.462 e. The fourth-order valence-electron chi connectivity index (χ4n) is 2.84. The van der Waals surface area contributed by atoms with Crippen LogP contribution in [0.1, 0.15) is 28.4 Å². The van der Waals surface area contributed by atoms with Gasteiger partial charge in [-0.3, -0.25) is 0 Å². The highest BCUT2D eigenvalue weighted by molar-refractivity contribution is 6.03. The average molecular weight is 445 g/mol. The molecule has 2 N–H and O–H groups in total. The zero-order chi connectivity index (χ0) is 23.5. The van der Waals surface area contributed by atoms with Gasteiger partial charge in [0, 0.05) is 5.56 Å². The van der Waals surface area contributed by atoms with Crippen molar-refractivity contribution >= 4 is 11.7 Å². The fourth-order valence-corrected chi connectivity index (χ4v) is 2.84. The second kappa shape index (κ2) is 8.93. The highest BCUT2D eigenvalue weighted by Gasteiger charge is 2.31. The molecule has 6 nitrogen and oxygen atoms in total. The smallest absolute Gasteiger partial charge is 0.416 e. The molecular weight excluding hydrogens is 430 g/mol. The van der Waals surface area contributed by atoms with Crippen LogP contribution in [0.2, 0.25) is 0 Å². The van der Waals surface area contributed by atoms with Crippen LogP contribution in [0.25, 0.3) is 11.3 Å². The van der Waals surface area contributed by atoms with Crippen molar-refractivity contribution in [3.05, 3.63) is 71.0 Å². The van der Waals surface area contributed by atoms with Gasteiger partial charge in [0.05, 0.1) is 23.6 Å². The maximum absolute atomic E-state index is 13.4. The Bertz CT molecular complexity index is 1200. The number of rotatable bonds is 5. The molecule has 1 heterocycles. The van der Waals surface area contributed by atoms with E-state index in [4.69, 9.17) is 15.2 Å². The van der Waals surface area contributed by atoms with E-state index in [1.165, 1.54) is 18.2 Å². The van der Waals surface area contributed by atoms with Crippen LogP contribution in [0, 0.1) is 17.1 Å². The molecule has 32 heavy (non-hydrogen) atoms. The number of hydrogen-bond donors (Lipinski definition) is 1. The van der Waals surface area contributed by atoms with E-state index in [1.54, 1.807) is 13.0 Å². The second-order valence-corrected chi connectivity index (χ2v) is 6.40. The number of nitriles is 1. The van der Waals surface area contributed by atoms with Gasteiger partial charge in [-0.15, -0.1) is 0 Å². The number of esters is 1. The van der Waals surface area contributed by atoms with Crippen molar-refractivity contribution in [3.63, 3.8) is 0 Å². The Morgan fingerprint density at radius 1 is 1.19 bits per heavy atom. The maximum atomic E-state index is 13.4. The third-order valence-corrected chi connectivity index (χ3v) is 4.29. The van der Waals surface area contributed by atoms with E-state index < -0.39 is 29.4 Å². The molecule has 0 fully saturated rings. The van der Waals surface area contributed by atoms with Gasteiger partial charge in [0.2, 0.25) is 5.88 Å². The summed E-state index contributed by atoms with van der Waals surface area (Å²) in [7, 11) is 0. The number of benzene rings is 2. The zero-order valence-corrected chi connectivity index (χ0v) is 16.5. The summed E-state index contributed by atoms with van der Waals surface area (Å²) >= 11 is 0. The number of nitrogens with zero attached hydrogens (tertiary/aromatic N) is 2. The van der Waals surface area contributed by atoms with Crippen LogP contribution >= 0.6 is 0 Å². The molecule has 0 aliphatic heterocycles. The first kappa shape index (κ1) is 22.6. The average Bonchev–Trinajstić information content (AvgIpc) is 2.74. The van der Waals surface area contributed by atoms with E-state index in [9.17, 15) is 27.6 Å². The fraction of sp³-hybridized carbons (Fsp3) is 0.136. The lowest BCUT2D eigenvalue weighted by Gasteiger charge is -2.16. The minimum Gasteiger partial charge on any atom is -0.462 e. The summed E-state index contributed by atoms with van der Waals surface area (Å²) in [5.41, 5.74) is 4.31. The monoisotopic (exact) mass is 445 g/mol. The number of carbonyl (C=O) groups excluding carboxylic acids is 1. The van der Waals surface area contributed by atoms with Gasteiger partial charge in [-0.2, -0.15) is 18.4 Å². The SMILES string of the molecule is CCOC(=O)c1c(-c2ccc(F)cc2)nc(Oc2cccc(C(F)(F)F)c2)c(C#N)c1N. The van der Waals surface area contributed by atoms with Crippen LogP contribution in [0.15, 0.2) is 48.5 Å². The number of aromatic nitrogens is 1. The molecule has 1 aromatic heterocycles. The zero-order valence-electron chi connectivity index (χ0n) is 16.5. The Morgan fingerprint density at radius 2 is 1.88 bits per heavy atom. The van der Waals surface area contributed by atoms with Crippen LogP contribution in [0.5, 0.6) is 11.6 Å². The minimum absolute atomic E-state index is 0.00546. The topological polar surface area (TPSA) is 98.2 Å². The van der Waals surface area contributed by atoms with Gasteiger partial charge in [0.25, 0.3) is 0 Å². The molecular formula is C22H15F4N3O3. The minimum atomic E-state index is -4.61. The lowest BCUT2D eigenvalue weighted by atomic mass is 10.0. The molecule has 0 unspecified atom stereocenters. The first-order valence-corrected chi connectivity index (χ1v) is 9.17. The summed E-state index contributed by atoms with van der Waals surface area (Å²) in [6.45, 7) is 1.57. The number of nitrogen functional groups attached to an aromatic ring is 1. The summed E-state index contributed by atoms with van der Waals surface area (Å²) in [5, 5.41) is 9.56. The van der Waals surface area contributed by atoms with Crippen LogP contribution in [-0.4, -0.2) is 17.6 Å². The number of ether oxygens (including phenoxy) is 2. The van der Waals surface area contributed by atoms with E-state index in [1.807, 2.05) is 0 Å². The van der Waals surface area contributed by atoms with Crippen molar-refractivity contribution in [1.29, 1.82) is 5.26 Å². The Hall–Kier alpha value is -4.13. The molecule has 0 bridgehead atoms. The number of nitrogens with two attached hydrogens (primary N) is 1. The Labute approximate surface area is 179 Å². The first-order chi connectivity index (χ1) is 15.2. The van der Waals surface area contributed by atoms with Gasteiger partial charge in [-0.25, -0.2) is 14.2 Å². The third-order valence-electron chi connectivity index (χ3n) is 4.29. The molecule has 0 aliphatic rings. The molecule has 164 valence electrons. The molecule has 10 heteroatoms. The van der Waals surface area contributed by atoms with E-state index in [-0.39, 0.29) is 40.4 Å². The Morgan fingerprint density at radius 3 is 2.47 bits per heavy atom. The predicted octanol–water partition coefficient (Wildman–Crippen LogP) is 5.33. The number of pyridine rings is 1. The molecule has 3 aromatic rings. The van der Waals surface area contributed by atoms with Gasteiger partial charge in [0.15, 0.2) is 0 Å². The lowest BCUT2D eigenvalue weighted by Crippen LogP contribution is -2.14. The molecule has 0 amide bonds. The summed E-state index contributed by atoms with van der Waals surface area (Å²) in [6.07, 6.45) is -4.61. The van der Waals surface area contributed by atoms with Crippen molar-refractivity contribution in [3.8, 4) is 29.0 Å². The summed E-state index contributed by atoms with van der Waals surface area (Å²) in [5.74, 6) is -2.10. The van der Waals surface area contributed by atoms with Crippen LogP contribution in [0.4, 0.5) is 23.2 Å². The van der Waals surface area contributed by atoms with Crippen molar-refractivity contribution < 1.29 is 31.8 Å². The molecule has 0 aliphatic carbocycles. The number of halogens is 4. The standard InChI is InChI=1S/C22H15F4N3O3/c1-2-31-21(30)17-18(28)16(11-27)20(29-19(17)12-6-8-14(23)9-7-12)32-15-5-3-4-13(10-15)22(24,25)26/h3-10H,2H2,1H3,(H2,28,29). The van der Waals surface area contributed by atoms with Gasteiger partial charge < -0.3 is 15.2 Å². The summed E-state index contributed by atoms with van der Waals surface area (Å²) in [6, 6.07) is 10.6. The van der Waals surface area contributed by atoms with Crippen LogP contribution < -0.4 is 10.5 Å². The molecule has 0 radical (unpaired) electrons. The van der Waals surface area contributed by atoms with E-state index in [0.29, 0.717) is 0 Å². The number of carbonyl (C=O) groups is 1. The van der Waals surface area contributed by atoms with Gasteiger partial charge in [-0.1, -0.05) is 6.07 Å². The molecule has 0 saturated heterocycles. The van der Waals surface area contributed by atoms with Crippen LogP contribution in [0.3, 0.4) is 0 Å². The van der Waals surface area contributed by atoms with Crippen molar-refractivity contribution in [2.24, 2.45) is 0 Å². The number of anilines is 1. The highest BCUT2D eigenvalue weighted by Crippen LogP contribution is 2.37. The molecule has 0 spiro atoms. The lowest BCUT2D eigenvalue weighted by molar-refractivity contribution is -0.137. The molecule has 2 aromatic carbocycles. The molecule has 0 saturated carbocycles. The quantitative estimate of drug-likeness (QED) is 0.421. The second-order valence-electron chi connectivity index (χ2n) is 6.40. The predicted molar refractivity (Wildman–Crippen MR) is 106 cm³/mol. The Kier molecular flexibility index (Phi) is 6.30. The maximum Gasteiger partial charge on any atom is 0.416 e. The number of hydrogen-bond acceptors (Lipinski definition) is 6. The van der Waals surface area contributed by atoms with E-state index >= 15 is 0 Å². The summed E-state index contributed by atoms with van der Waals surface area (Å²) in [4.78, 5) is 16.7. The van der Waals surface area contributed by atoms with Crippen molar-refractivity contribution in [1.82, 2.24) is 4.98 Å².